The summed E-state index contributed by atoms with van der Waals surface area (Å²) in [7, 11) is 0. The summed E-state index contributed by atoms with van der Waals surface area (Å²) in [6.07, 6.45) is 6.93. The van der Waals surface area contributed by atoms with Gasteiger partial charge in [-0.15, -0.1) is 0 Å². The maximum absolute atomic E-state index is 12.4. The van der Waals surface area contributed by atoms with Crippen LogP contribution in [0.15, 0.2) is 30.3 Å². The summed E-state index contributed by atoms with van der Waals surface area (Å²) in [6, 6.07) is 10.6. The molecule has 25 heavy (non-hydrogen) atoms. The summed E-state index contributed by atoms with van der Waals surface area (Å²) in [6.45, 7) is 3.75. The molecule has 0 radical (unpaired) electrons. The van der Waals surface area contributed by atoms with Crippen LogP contribution in [0.1, 0.15) is 50.5 Å². The second kappa shape index (κ2) is 7.08. The molecule has 4 heteroatoms. The molecule has 0 bridgehead atoms. The Morgan fingerprint density at radius 2 is 1.72 bits per heavy atom. The van der Waals surface area contributed by atoms with Gasteiger partial charge in [-0.3, -0.25) is 4.79 Å². The Labute approximate surface area is 150 Å². The van der Waals surface area contributed by atoms with Gasteiger partial charge in [0.05, 0.1) is 5.60 Å². The highest BCUT2D eigenvalue weighted by Gasteiger charge is 2.37. The van der Waals surface area contributed by atoms with Crippen molar-refractivity contribution in [1.82, 2.24) is 9.80 Å². The molecule has 0 aromatic heterocycles. The second-order valence-corrected chi connectivity index (χ2v) is 8.20. The van der Waals surface area contributed by atoms with E-state index in [4.69, 9.17) is 0 Å². The number of piperidine rings is 1. The average Bonchev–Trinajstić information content (AvgIpc) is 3.47. The molecule has 1 atom stereocenters. The summed E-state index contributed by atoms with van der Waals surface area (Å²) in [5.74, 6) is 1.13. The number of carbonyl (C=O) groups is 1. The Morgan fingerprint density at radius 3 is 2.40 bits per heavy atom. The Kier molecular flexibility index (Phi) is 4.83. The van der Waals surface area contributed by atoms with Crippen molar-refractivity contribution in [2.24, 2.45) is 5.92 Å². The molecule has 4 rings (SSSR count). The molecular formula is C21H30N2O2. The predicted molar refractivity (Wildman–Crippen MR) is 98.1 cm³/mol. The molecule has 136 valence electrons. The lowest BCUT2D eigenvalue weighted by molar-refractivity contribution is -0.130. The first kappa shape index (κ1) is 17.0. The fourth-order valence-corrected chi connectivity index (χ4v) is 4.49. The van der Waals surface area contributed by atoms with E-state index in [1.54, 1.807) is 0 Å². The molecule has 3 aliphatic rings. The van der Waals surface area contributed by atoms with Crippen LogP contribution in [0.4, 0.5) is 0 Å². The molecule has 1 amide bonds. The molecule has 2 heterocycles. The molecule has 1 aromatic carbocycles. The Hall–Kier alpha value is -1.39. The van der Waals surface area contributed by atoms with Crippen LogP contribution in [0.2, 0.25) is 0 Å². The molecule has 1 aromatic rings. The van der Waals surface area contributed by atoms with Crippen LogP contribution in [0.5, 0.6) is 0 Å². The maximum atomic E-state index is 12.4. The molecule has 4 nitrogen and oxygen atoms in total. The fraction of sp³-hybridized carbons (Fsp3) is 0.667. The van der Waals surface area contributed by atoms with Gasteiger partial charge in [0.1, 0.15) is 0 Å². The minimum absolute atomic E-state index is 0.354. The van der Waals surface area contributed by atoms with Gasteiger partial charge >= 0.3 is 0 Å². The SMILES string of the molecule is O=C1CCC(N2CCC(O)(c3ccccc3)CC2)CCN1CC1CC1. The average molecular weight is 342 g/mol. The molecule has 2 saturated heterocycles. The number of carbonyl (C=O) groups excluding carboxylic acids is 1. The molecule has 2 aliphatic heterocycles. The van der Waals surface area contributed by atoms with Crippen molar-refractivity contribution in [3.63, 3.8) is 0 Å². The number of rotatable bonds is 4. The van der Waals surface area contributed by atoms with Crippen molar-refractivity contribution in [3.05, 3.63) is 35.9 Å². The molecule has 1 aliphatic carbocycles. The van der Waals surface area contributed by atoms with Gasteiger partial charge < -0.3 is 14.9 Å². The third kappa shape index (κ3) is 3.90. The summed E-state index contributed by atoms with van der Waals surface area (Å²) in [5.41, 5.74) is 0.359. The van der Waals surface area contributed by atoms with Gasteiger partial charge in [0.2, 0.25) is 5.91 Å². The molecular weight excluding hydrogens is 312 g/mol. The molecule has 1 saturated carbocycles. The first-order valence-corrected chi connectivity index (χ1v) is 9.94. The zero-order valence-corrected chi connectivity index (χ0v) is 15.1. The maximum Gasteiger partial charge on any atom is 0.222 e. The summed E-state index contributed by atoms with van der Waals surface area (Å²) in [5, 5.41) is 11.0. The lowest BCUT2D eigenvalue weighted by Gasteiger charge is -2.42. The van der Waals surface area contributed by atoms with E-state index < -0.39 is 5.60 Å². The molecule has 3 fully saturated rings. The van der Waals surface area contributed by atoms with Gasteiger partial charge in [0.25, 0.3) is 0 Å². The van der Waals surface area contributed by atoms with Crippen LogP contribution in [-0.4, -0.2) is 53.0 Å². The van der Waals surface area contributed by atoms with Crippen molar-refractivity contribution >= 4 is 5.91 Å². The fourth-order valence-electron chi connectivity index (χ4n) is 4.49. The van der Waals surface area contributed by atoms with E-state index in [1.165, 1.54) is 12.8 Å². The van der Waals surface area contributed by atoms with Crippen molar-refractivity contribution in [3.8, 4) is 0 Å². The van der Waals surface area contributed by atoms with Crippen molar-refractivity contribution in [2.75, 3.05) is 26.2 Å². The van der Waals surface area contributed by atoms with Crippen LogP contribution in [0.25, 0.3) is 0 Å². The highest BCUT2D eigenvalue weighted by atomic mass is 16.3. The van der Waals surface area contributed by atoms with Gasteiger partial charge in [0, 0.05) is 38.6 Å². The van der Waals surface area contributed by atoms with Gasteiger partial charge in [0.15, 0.2) is 0 Å². The van der Waals surface area contributed by atoms with Gasteiger partial charge in [-0.1, -0.05) is 30.3 Å². The molecule has 1 N–H and O–H groups in total. The van der Waals surface area contributed by atoms with E-state index in [2.05, 4.69) is 9.80 Å². The number of likely N-dealkylation sites (tertiary alicyclic amines) is 2. The van der Waals surface area contributed by atoms with Crippen LogP contribution >= 0.6 is 0 Å². The largest absolute Gasteiger partial charge is 0.385 e. The number of hydrogen-bond acceptors (Lipinski definition) is 3. The number of hydrogen-bond donors (Lipinski definition) is 1. The number of aliphatic hydroxyl groups is 1. The molecule has 1 unspecified atom stereocenters. The Morgan fingerprint density at radius 1 is 1.00 bits per heavy atom. The van der Waals surface area contributed by atoms with Crippen molar-refractivity contribution in [1.29, 1.82) is 0 Å². The van der Waals surface area contributed by atoms with Crippen molar-refractivity contribution in [2.45, 2.75) is 56.6 Å². The van der Waals surface area contributed by atoms with Gasteiger partial charge in [-0.2, -0.15) is 0 Å². The Balaban J connectivity index is 1.33. The van der Waals surface area contributed by atoms with E-state index >= 15 is 0 Å². The first-order chi connectivity index (χ1) is 12.1. The monoisotopic (exact) mass is 342 g/mol. The first-order valence-electron chi connectivity index (χ1n) is 9.94. The standard InChI is InChI=1S/C21H30N2O2/c24-20-9-8-19(10-13-23(20)16-17-6-7-17)22-14-11-21(25,12-15-22)18-4-2-1-3-5-18/h1-5,17,19,25H,6-16H2. The van der Waals surface area contributed by atoms with E-state index in [1.807, 2.05) is 30.3 Å². The second-order valence-electron chi connectivity index (χ2n) is 8.20. The normalized spacial score (nSPS) is 28.0. The quantitative estimate of drug-likeness (QED) is 0.915. The summed E-state index contributed by atoms with van der Waals surface area (Å²) < 4.78 is 0. The zero-order valence-electron chi connectivity index (χ0n) is 15.1. The lowest BCUT2D eigenvalue weighted by Crippen LogP contribution is -2.47. The van der Waals surface area contributed by atoms with Crippen LogP contribution in [0, 0.1) is 5.92 Å². The van der Waals surface area contributed by atoms with Crippen LogP contribution < -0.4 is 0 Å². The topological polar surface area (TPSA) is 43.8 Å². The number of benzene rings is 1. The summed E-state index contributed by atoms with van der Waals surface area (Å²) in [4.78, 5) is 17.0. The van der Waals surface area contributed by atoms with E-state index in [-0.39, 0.29) is 0 Å². The minimum atomic E-state index is -0.684. The van der Waals surface area contributed by atoms with Gasteiger partial charge in [-0.05, 0) is 50.0 Å². The van der Waals surface area contributed by atoms with Crippen LogP contribution in [-0.2, 0) is 10.4 Å². The van der Waals surface area contributed by atoms with E-state index in [0.29, 0.717) is 18.4 Å². The van der Waals surface area contributed by atoms with Gasteiger partial charge in [-0.25, -0.2) is 0 Å². The predicted octanol–water partition coefficient (Wildman–Crippen LogP) is 2.76. The number of amides is 1. The Bertz CT molecular complexity index is 591. The lowest BCUT2D eigenvalue weighted by atomic mass is 9.83. The van der Waals surface area contributed by atoms with E-state index in [0.717, 1.165) is 63.3 Å². The third-order valence-corrected chi connectivity index (χ3v) is 6.40. The van der Waals surface area contributed by atoms with E-state index in [9.17, 15) is 9.90 Å². The summed E-state index contributed by atoms with van der Waals surface area (Å²) >= 11 is 0. The van der Waals surface area contributed by atoms with Crippen molar-refractivity contribution < 1.29 is 9.90 Å². The minimum Gasteiger partial charge on any atom is -0.385 e. The third-order valence-electron chi connectivity index (χ3n) is 6.40. The number of nitrogens with zero attached hydrogens (tertiary/aromatic N) is 2. The smallest absolute Gasteiger partial charge is 0.222 e. The zero-order chi connectivity index (χ0) is 17.3. The molecule has 0 spiro atoms. The highest BCUT2D eigenvalue weighted by Crippen LogP contribution is 2.35. The van der Waals surface area contributed by atoms with Crippen LogP contribution in [0.3, 0.4) is 0 Å². The highest BCUT2D eigenvalue weighted by molar-refractivity contribution is 5.76.